The molecule has 1 aromatic heterocycles. The standard InChI is InChI=1S/C23H29F3N4O2/c1-21(2,3)9-10-28-13-14-11-18(15(12-16(14)27)22(4,5)32)30-20(31)17-7-6-8-19(29-17)23(24,25)26/h6-8,11-13,32H,9-10,27H2,1-5H3,(H,30,31). The Bertz CT molecular complexity index is 1000. The van der Waals surface area contributed by atoms with Crippen LogP contribution in [-0.4, -0.2) is 28.8 Å². The van der Waals surface area contributed by atoms with Crippen molar-refractivity contribution in [1.82, 2.24) is 4.98 Å². The van der Waals surface area contributed by atoms with Crippen molar-refractivity contribution in [2.45, 2.75) is 52.8 Å². The Morgan fingerprint density at radius 3 is 2.41 bits per heavy atom. The molecule has 2 rings (SSSR count). The zero-order chi connectivity index (χ0) is 24.3. The molecule has 2 aromatic rings. The van der Waals surface area contributed by atoms with Crippen LogP contribution in [0.2, 0.25) is 0 Å². The third kappa shape index (κ3) is 7.05. The van der Waals surface area contributed by atoms with E-state index in [0.29, 0.717) is 23.4 Å². The van der Waals surface area contributed by atoms with Crippen LogP contribution in [0.25, 0.3) is 0 Å². The van der Waals surface area contributed by atoms with Gasteiger partial charge in [0, 0.05) is 35.3 Å². The molecule has 0 radical (unpaired) electrons. The van der Waals surface area contributed by atoms with Gasteiger partial charge in [-0.3, -0.25) is 9.79 Å². The Morgan fingerprint density at radius 2 is 1.84 bits per heavy atom. The first kappa shape index (κ1) is 25.3. The molecule has 32 heavy (non-hydrogen) atoms. The van der Waals surface area contributed by atoms with Crippen LogP contribution in [-0.2, 0) is 11.8 Å². The third-order valence-corrected chi connectivity index (χ3v) is 4.62. The number of alkyl halides is 3. The average Bonchev–Trinajstić information content (AvgIpc) is 2.65. The number of pyridine rings is 1. The summed E-state index contributed by atoms with van der Waals surface area (Å²) in [5.74, 6) is -0.845. The molecule has 6 nitrogen and oxygen atoms in total. The number of halogens is 3. The molecule has 1 amide bonds. The highest BCUT2D eigenvalue weighted by atomic mass is 19.4. The van der Waals surface area contributed by atoms with Crippen molar-refractivity contribution in [1.29, 1.82) is 0 Å². The van der Waals surface area contributed by atoms with Gasteiger partial charge in [-0.25, -0.2) is 4.98 Å². The number of hydrogen-bond acceptors (Lipinski definition) is 5. The fourth-order valence-electron chi connectivity index (χ4n) is 2.82. The second-order valence-electron chi connectivity index (χ2n) is 9.29. The highest BCUT2D eigenvalue weighted by Crippen LogP contribution is 2.32. The lowest BCUT2D eigenvalue weighted by Crippen LogP contribution is -2.23. The van der Waals surface area contributed by atoms with Gasteiger partial charge >= 0.3 is 6.18 Å². The maximum absolute atomic E-state index is 12.9. The molecule has 0 bridgehead atoms. The minimum absolute atomic E-state index is 0.116. The number of anilines is 2. The SMILES string of the molecule is CC(C)(C)CCN=Cc1cc(NC(=O)c2cccc(C(F)(F)F)n2)c(C(C)(C)O)cc1N. The average molecular weight is 451 g/mol. The smallest absolute Gasteiger partial charge is 0.398 e. The van der Waals surface area contributed by atoms with Gasteiger partial charge in [0.1, 0.15) is 11.4 Å². The summed E-state index contributed by atoms with van der Waals surface area (Å²) in [4.78, 5) is 20.4. The van der Waals surface area contributed by atoms with Crippen molar-refractivity contribution in [2.24, 2.45) is 10.4 Å². The molecule has 0 spiro atoms. The van der Waals surface area contributed by atoms with E-state index >= 15 is 0 Å². The van der Waals surface area contributed by atoms with Gasteiger partial charge in [-0.1, -0.05) is 26.8 Å². The number of nitrogens with zero attached hydrogens (tertiary/aromatic N) is 2. The van der Waals surface area contributed by atoms with Crippen molar-refractivity contribution in [3.8, 4) is 0 Å². The number of nitrogen functional groups attached to an aromatic ring is 1. The van der Waals surface area contributed by atoms with E-state index in [1.165, 1.54) is 32.0 Å². The van der Waals surface area contributed by atoms with Crippen LogP contribution >= 0.6 is 0 Å². The number of carbonyl (C=O) groups is 1. The van der Waals surface area contributed by atoms with Gasteiger partial charge in [0.15, 0.2) is 0 Å². The minimum Gasteiger partial charge on any atom is -0.398 e. The Labute approximate surface area is 185 Å². The number of nitrogens with one attached hydrogen (secondary N) is 1. The summed E-state index contributed by atoms with van der Waals surface area (Å²) in [6.45, 7) is 9.90. The molecule has 1 aromatic carbocycles. The van der Waals surface area contributed by atoms with E-state index in [1.54, 1.807) is 6.21 Å². The van der Waals surface area contributed by atoms with Crippen LogP contribution in [0.5, 0.6) is 0 Å². The molecule has 0 fully saturated rings. The maximum Gasteiger partial charge on any atom is 0.433 e. The molecule has 0 aliphatic carbocycles. The van der Waals surface area contributed by atoms with Gasteiger partial charge in [-0.15, -0.1) is 0 Å². The molecule has 0 atom stereocenters. The van der Waals surface area contributed by atoms with Gasteiger partial charge < -0.3 is 16.2 Å². The molecule has 0 aliphatic rings. The van der Waals surface area contributed by atoms with Crippen molar-refractivity contribution < 1.29 is 23.1 Å². The lowest BCUT2D eigenvalue weighted by Gasteiger charge is -2.23. The summed E-state index contributed by atoms with van der Waals surface area (Å²) in [5, 5.41) is 13.1. The Kier molecular flexibility index (Phi) is 7.34. The van der Waals surface area contributed by atoms with Crippen molar-refractivity contribution in [3.05, 3.63) is 52.8 Å². The van der Waals surface area contributed by atoms with Crippen LogP contribution < -0.4 is 11.1 Å². The molecule has 0 saturated carbocycles. The number of aliphatic imine (C=N–C) groups is 1. The number of nitrogens with two attached hydrogens (primary N) is 1. The molecule has 1 heterocycles. The second-order valence-corrected chi connectivity index (χ2v) is 9.29. The van der Waals surface area contributed by atoms with Crippen molar-refractivity contribution in [2.75, 3.05) is 17.6 Å². The molecule has 9 heteroatoms. The fourth-order valence-corrected chi connectivity index (χ4v) is 2.82. The predicted octanol–water partition coefficient (Wildman–Crippen LogP) is 5.02. The van der Waals surface area contributed by atoms with Gasteiger partial charge in [-0.2, -0.15) is 13.2 Å². The Morgan fingerprint density at radius 1 is 1.19 bits per heavy atom. The maximum atomic E-state index is 12.9. The molecular formula is C23H29F3N4O2. The zero-order valence-corrected chi connectivity index (χ0v) is 18.8. The van der Waals surface area contributed by atoms with Crippen LogP contribution in [0, 0.1) is 5.41 Å². The van der Waals surface area contributed by atoms with Gasteiger partial charge in [0.05, 0.1) is 5.60 Å². The summed E-state index contributed by atoms with van der Waals surface area (Å²) in [6, 6.07) is 6.13. The van der Waals surface area contributed by atoms with E-state index in [0.717, 1.165) is 18.6 Å². The van der Waals surface area contributed by atoms with Crippen LogP contribution in [0.3, 0.4) is 0 Å². The van der Waals surface area contributed by atoms with Crippen LogP contribution in [0.15, 0.2) is 35.3 Å². The Balaban J connectivity index is 2.38. The first-order valence-corrected chi connectivity index (χ1v) is 10.1. The van der Waals surface area contributed by atoms with E-state index in [2.05, 4.69) is 36.1 Å². The summed E-state index contributed by atoms with van der Waals surface area (Å²) in [5.41, 5.74) is 4.65. The predicted molar refractivity (Wildman–Crippen MR) is 120 cm³/mol. The number of carbonyl (C=O) groups excluding carboxylic acids is 1. The summed E-state index contributed by atoms with van der Waals surface area (Å²) < 4.78 is 38.8. The van der Waals surface area contributed by atoms with E-state index < -0.39 is 29.1 Å². The van der Waals surface area contributed by atoms with E-state index in [4.69, 9.17) is 5.73 Å². The highest BCUT2D eigenvalue weighted by molar-refractivity contribution is 6.04. The minimum atomic E-state index is -4.67. The zero-order valence-electron chi connectivity index (χ0n) is 18.8. The number of benzene rings is 1. The monoisotopic (exact) mass is 450 g/mol. The van der Waals surface area contributed by atoms with Crippen molar-refractivity contribution >= 4 is 23.5 Å². The fraction of sp³-hybridized carbons (Fsp3) is 0.435. The van der Waals surface area contributed by atoms with Crippen LogP contribution in [0.1, 0.15) is 68.3 Å². The van der Waals surface area contributed by atoms with E-state index in [-0.39, 0.29) is 11.1 Å². The summed E-state index contributed by atoms with van der Waals surface area (Å²) >= 11 is 0. The number of aromatic nitrogens is 1. The molecule has 174 valence electrons. The normalized spacial score (nSPS) is 12.9. The van der Waals surface area contributed by atoms with Gasteiger partial charge in [0.25, 0.3) is 5.91 Å². The van der Waals surface area contributed by atoms with Crippen molar-refractivity contribution in [3.63, 3.8) is 0 Å². The first-order chi connectivity index (χ1) is 14.6. The quantitative estimate of drug-likeness (QED) is 0.425. The number of aliphatic hydroxyl groups is 1. The second kappa shape index (κ2) is 9.28. The lowest BCUT2D eigenvalue weighted by atomic mass is 9.92. The van der Waals surface area contributed by atoms with Gasteiger partial charge in [-0.05, 0) is 49.9 Å². The first-order valence-electron chi connectivity index (χ1n) is 10.1. The molecule has 0 saturated heterocycles. The third-order valence-electron chi connectivity index (χ3n) is 4.62. The number of hydrogen-bond donors (Lipinski definition) is 3. The molecule has 0 aliphatic heterocycles. The topological polar surface area (TPSA) is 101 Å². The molecule has 4 N–H and O–H groups in total. The largest absolute Gasteiger partial charge is 0.433 e. The molecule has 0 unspecified atom stereocenters. The number of amides is 1. The summed E-state index contributed by atoms with van der Waals surface area (Å²) in [7, 11) is 0. The highest BCUT2D eigenvalue weighted by Gasteiger charge is 2.33. The van der Waals surface area contributed by atoms with Crippen LogP contribution in [0.4, 0.5) is 24.5 Å². The van der Waals surface area contributed by atoms with E-state index in [1.807, 2.05) is 0 Å². The van der Waals surface area contributed by atoms with E-state index in [9.17, 15) is 23.1 Å². The summed E-state index contributed by atoms with van der Waals surface area (Å²) in [6.07, 6.45) is -2.24. The lowest BCUT2D eigenvalue weighted by molar-refractivity contribution is -0.141. The Hall–Kier alpha value is -2.94. The number of rotatable bonds is 6. The van der Waals surface area contributed by atoms with Gasteiger partial charge in [0.2, 0.25) is 0 Å². The molecular weight excluding hydrogens is 421 g/mol.